The number of hydrogen-bond acceptors (Lipinski definition) is 3. The Bertz CT molecular complexity index is 265. The molecule has 15 heavy (non-hydrogen) atoms. The summed E-state index contributed by atoms with van der Waals surface area (Å²) in [4.78, 5) is 25.0. The molecule has 1 rings (SSSR count). The smallest absolute Gasteiger partial charge is 0.243 e. The normalized spacial score (nSPS) is 24.3. The first kappa shape index (κ1) is 12.0. The molecule has 2 atom stereocenters. The van der Waals surface area contributed by atoms with Crippen LogP contribution >= 0.6 is 0 Å². The standard InChI is InChI=1S/C10H19N3O2/c1-6(2)9-10(15)12-5-8(14)13(9)7(3)4-11/h6-7,9H,4-5,11H2,1-3H3,(H,12,15). The third-order valence-corrected chi connectivity index (χ3v) is 2.72. The van der Waals surface area contributed by atoms with Gasteiger partial charge in [-0.05, 0) is 12.8 Å². The van der Waals surface area contributed by atoms with E-state index in [0.717, 1.165) is 0 Å². The maximum Gasteiger partial charge on any atom is 0.243 e. The van der Waals surface area contributed by atoms with Crippen molar-refractivity contribution in [2.24, 2.45) is 11.7 Å². The molecule has 1 fully saturated rings. The van der Waals surface area contributed by atoms with Crippen molar-refractivity contribution in [2.75, 3.05) is 13.1 Å². The van der Waals surface area contributed by atoms with Gasteiger partial charge in [-0.3, -0.25) is 9.59 Å². The van der Waals surface area contributed by atoms with Crippen molar-refractivity contribution in [2.45, 2.75) is 32.9 Å². The summed E-state index contributed by atoms with van der Waals surface area (Å²) in [6.45, 7) is 6.19. The molecule has 0 bridgehead atoms. The van der Waals surface area contributed by atoms with Gasteiger partial charge in [-0.15, -0.1) is 0 Å². The number of rotatable bonds is 3. The Morgan fingerprint density at radius 1 is 1.47 bits per heavy atom. The summed E-state index contributed by atoms with van der Waals surface area (Å²) in [5.74, 6) is -0.0283. The van der Waals surface area contributed by atoms with Gasteiger partial charge in [0.15, 0.2) is 0 Å². The van der Waals surface area contributed by atoms with Gasteiger partial charge in [-0.2, -0.15) is 0 Å². The van der Waals surface area contributed by atoms with Crippen molar-refractivity contribution in [3.8, 4) is 0 Å². The summed E-state index contributed by atoms with van der Waals surface area (Å²) in [5, 5.41) is 2.60. The van der Waals surface area contributed by atoms with Crippen LogP contribution in [-0.4, -0.2) is 41.9 Å². The highest BCUT2D eigenvalue weighted by Gasteiger charge is 2.38. The van der Waals surface area contributed by atoms with Crippen molar-refractivity contribution in [3.05, 3.63) is 0 Å². The van der Waals surface area contributed by atoms with Gasteiger partial charge in [0.1, 0.15) is 6.04 Å². The highest BCUT2D eigenvalue weighted by atomic mass is 16.2. The molecule has 2 amide bonds. The molecule has 5 heteroatoms. The summed E-state index contributed by atoms with van der Waals surface area (Å²) in [6, 6.07) is -0.472. The summed E-state index contributed by atoms with van der Waals surface area (Å²) in [5.41, 5.74) is 5.55. The van der Waals surface area contributed by atoms with Crippen molar-refractivity contribution in [3.63, 3.8) is 0 Å². The number of piperazine rings is 1. The average Bonchev–Trinajstić information content (AvgIpc) is 2.19. The Morgan fingerprint density at radius 2 is 2.07 bits per heavy atom. The molecule has 0 radical (unpaired) electrons. The molecular weight excluding hydrogens is 194 g/mol. The molecule has 3 N–H and O–H groups in total. The fraction of sp³-hybridized carbons (Fsp3) is 0.800. The van der Waals surface area contributed by atoms with Crippen LogP contribution in [0.2, 0.25) is 0 Å². The van der Waals surface area contributed by atoms with Gasteiger partial charge in [0.2, 0.25) is 11.8 Å². The summed E-state index contributed by atoms with van der Waals surface area (Å²) >= 11 is 0. The molecule has 1 aliphatic heterocycles. The van der Waals surface area contributed by atoms with E-state index in [4.69, 9.17) is 5.73 Å². The van der Waals surface area contributed by atoms with E-state index in [0.29, 0.717) is 6.54 Å². The molecule has 2 unspecified atom stereocenters. The molecule has 0 spiro atoms. The first-order valence-electron chi connectivity index (χ1n) is 5.28. The fourth-order valence-corrected chi connectivity index (χ4v) is 1.90. The van der Waals surface area contributed by atoms with E-state index in [-0.39, 0.29) is 36.4 Å². The van der Waals surface area contributed by atoms with Crippen molar-refractivity contribution >= 4 is 11.8 Å². The molecular formula is C10H19N3O2. The zero-order chi connectivity index (χ0) is 11.6. The van der Waals surface area contributed by atoms with E-state index in [1.54, 1.807) is 4.90 Å². The monoisotopic (exact) mass is 213 g/mol. The van der Waals surface area contributed by atoms with E-state index >= 15 is 0 Å². The lowest BCUT2D eigenvalue weighted by molar-refractivity contribution is -0.149. The molecule has 1 saturated heterocycles. The van der Waals surface area contributed by atoms with Crippen LogP contribution in [0.4, 0.5) is 0 Å². The van der Waals surface area contributed by atoms with Gasteiger partial charge < -0.3 is 16.0 Å². The Hall–Kier alpha value is -1.10. The number of hydrogen-bond donors (Lipinski definition) is 2. The molecule has 0 aromatic carbocycles. The van der Waals surface area contributed by atoms with E-state index in [1.165, 1.54) is 0 Å². The minimum atomic E-state index is -0.384. The van der Waals surface area contributed by atoms with Crippen LogP contribution in [-0.2, 0) is 9.59 Å². The third-order valence-electron chi connectivity index (χ3n) is 2.72. The van der Waals surface area contributed by atoms with Gasteiger partial charge in [-0.1, -0.05) is 13.8 Å². The van der Waals surface area contributed by atoms with Crippen LogP contribution in [0.5, 0.6) is 0 Å². The Kier molecular flexibility index (Phi) is 3.68. The van der Waals surface area contributed by atoms with E-state index in [2.05, 4.69) is 5.32 Å². The first-order valence-corrected chi connectivity index (χ1v) is 5.28. The number of nitrogens with two attached hydrogens (primary N) is 1. The predicted octanol–water partition coefficient (Wildman–Crippen LogP) is -0.683. The van der Waals surface area contributed by atoms with Gasteiger partial charge in [0.25, 0.3) is 0 Å². The van der Waals surface area contributed by atoms with Gasteiger partial charge in [-0.25, -0.2) is 0 Å². The molecule has 0 saturated carbocycles. The number of carbonyl (C=O) groups is 2. The zero-order valence-corrected chi connectivity index (χ0v) is 9.49. The van der Waals surface area contributed by atoms with Crippen LogP contribution in [0.25, 0.3) is 0 Å². The van der Waals surface area contributed by atoms with Crippen molar-refractivity contribution in [1.82, 2.24) is 10.2 Å². The van der Waals surface area contributed by atoms with Gasteiger partial charge >= 0.3 is 0 Å². The lowest BCUT2D eigenvalue weighted by Crippen LogP contribution is -2.63. The quantitative estimate of drug-likeness (QED) is 0.652. The first-order chi connectivity index (χ1) is 6.99. The number of carbonyl (C=O) groups excluding carboxylic acids is 2. The summed E-state index contributed by atoms with van der Waals surface area (Å²) in [7, 11) is 0. The third kappa shape index (κ3) is 2.28. The molecule has 0 aromatic rings. The van der Waals surface area contributed by atoms with Crippen LogP contribution in [0, 0.1) is 5.92 Å². The molecule has 0 aromatic heterocycles. The molecule has 5 nitrogen and oxygen atoms in total. The molecule has 1 heterocycles. The Morgan fingerprint density at radius 3 is 2.53 bits per heavy atom. The van der Waals surface area contributed by atoms with Crippen LogP contribution in [0.15, 0.2) is 0 Å². The summed E-state index contributed by atoms with van der Waals surface area (Å²) < 4.78 is 0. The second-order valence-electron chi connectivity index (χ2n) is 4.29. The van der Waals surface area contributed by atoms with E-state index in [1.807, 2.05) is 20.8 Å². The lowest BCUT2D eigenvalue weighted by Gasteiger charge is -2.40. The van der Waals surface area contributed by atoms with Gasteiger partial charge in [0.05, 0.1) is 6.54 Å². The Balaban J connectivity index is 2.93. The number of amides is 2. The minimum absolute atomic E-state index is 0.0498. The molecule has 0 aliphatic carbocycles. The number of nitrogens with one attached hydrogen (secondary N) is 1. The van der Waals surface area contributed by atoms with Crippen molar-refractivity contribution < 1.29 is 9.59 Å². The maximum atomic E-state index is 11.7. The highest BCUT2D eigenvalue weighted by molar-refractivity contribution is 5.95. The Labute approximate surface area is 90.0 Å². The maximum absolute atomic E-state index is 11.7. The highest BCUT2D eigenvalue weighted by Crippen LogP contribution is 2.17. The van der Waals surface area contributed by atoms with E-state index < -0.39 is 0 Å². The zero-order valence-electron chi connectivity index (χ0n) is 9.49. The van der Waals surface area contributed by atoms with Crippen LogP contribution in [0.3, 0.4) is 0 Å². The fourth-order valence-electron chi connectivity index (χ4n) is 1.90. The topological polar surface area (TPSA) is 75.4 Å². The largest absolute Gasteiger partial charge is 0.345 e. The molecule has 1 aliphatic rings. The van der Waals surface area contributed by atoms with Crippen molar-refractivity contribution in [1.29, 1.82) is 0 Å². The average molecular weight is 213 g/mol. The van der Waals surface area contributed by atoms with Crippen LogP contribution < -0.4 is 11.1 Å². The van der Waals surface area contributed by atoms with Gasteiger partial charge in [0, 0.05) is 12.6 Å². The minimum Gasteiger partial charge on any atom is -0.345 e. The van der Waals surface area contributed by atoms with E-state index in [9.17, 15) is 9.59 Å². The summed E-state index contributed by atoms with van der Waals surface area (Å²) in [6.07, 6.45) is 0. The SMILES string of the molecule is CC(C)C1C(=O)NCC(=O)N1C(C)CN. The predicted molar refractivity (Wildman–Crippen MR) is 57.0 cm³/mol. The molecule has 86 valence electrons. The van der Waals surface area contributed by atoms with Crippen LogP contribution in [0.1, 0.15) is 20.8 Å². The number of nitrogens with zero attached hydrogens (tertiary/aromatic N) is 1. The second-order valence-corrected chi connectivity index (χ2v) is 4.29. The second kappa shape index (κ2) is 4.61. The lowest BCUT2D eigenvalue weighted by atomic mass is 9.97.